The van der Waals surface area contributed by atoms with E-state index in [-0.39, 0.29) is 23.3 Å². The van der Waals surface area contributed by atoms with Gasteiger partial charge in [-0.3, -0.25) is 9.59 Å². The highest BCUT2D eigenvalue weighted by Crippen LogP contribution is 2.22. The SMILES string of the molecule is CC(=O)N1CCC(C(=O)Nc2cc(C(=O)O)ccc2C)CC1. The van der Waals surface area contributed by atoms with Crippen molar-refractivity contribution in [3.63, 3.8) is 0 Å². The van der Waals surface area contributed by atoms with Crippen molar-refractivity contribution in [2.24, 2.45) is 5.92 Å². The molecule has 2 amide bonds. The number of anilines is 1. The van der Waals surface area contributed by atoms with Gasteiger partial charge in [-0.1, -0.05) is 6.07 Å². The van der Waals surface area contributed by atoms with Crippen molar-refractivity contribution in [3.8, 4) is 0 Å². The Kier molecular flexibility index (Phi) is 4.80. The molecule has 1 aliphatic heterocycles. The quantitative estimate of drug-likeness (QED) is 0.892. The van der Waals surface area contributed by atoms with E-state index in [9.17, 15) is 14.4 Å². The number of piperidine rings is 1. The van der Waals surface area contributed by atoms with Crippen LogP contribution < -0.4 is 5.32 Å². The number of likely N-dealkylation sites (tertiary alicyclic amines) is 1. The topological polar surface area (TPSA) is 86.7 Å². The Balaban J connectivity index is 2.02. The minimum atomic E-state index is -1.02. The third-order valence-corrected chi connectivity index (χ3v) is 4.05. The van der Waals surface area contributed by atoms with Crippen LogP contribution in [0.1, 0.15) is 35.7 Å². The molecule has 0 aromatic heterocycles. The van der Waals surface area contributed by atoms with Gasteiger partial charge in [-0.2, -0.15) is 0 Å². The standard InChI is InChI=1S/C16H20N2O4/c1-10-3-4-13(16(21)22)9-14(10)17-15(20)12-5-7-18(8-6-12)11(2)19/h3-4,9,12H,5-8H2,1-2H3,(H,17,20)(H,21,22). The van der Waals surface area contributed by atoms with Crippen molar-refractivity contribution in [1.29, 1.82) is 0 Å². The Morgan fingerprint density at radius 2 is 1.86 bits per heavy atom. The zero-order valence-electron chi connectivity index (χ0n) is 12.8. The molecule has 6 heteroatoms. The lowest BCUT2D eigenvalue weighted by molar-refractivity contribution is -0.132. The Morgan fingerprint density at radius 3 is 2.41 bits per heavy atom. The summed E-state index contributed by atoms with van der Waals surface area (Å²) in [5.74, 6) is -1.26. The molecule has 1 heterocycles. The summed E-state index contributed by atoms with van der Waals surface area (Å²) in [6.07, 6.45) is 1.26. The summed E-state index contributed by atoms with van der Waals surface area (Å²) >= 11 is 0. The summed E-state index contributed by atoms with van der Waals surface area (Å²) in [6, 6.07) is 4.66. The van der Waals surface area contributed by atoms with Crippen LogP contribution in [-0.2, 0) is 9.59 Å². The summed E-state index contributed by atoms with van der Waals surface area (Å²) in [5, 5.41) is 11.8. The molecular weight excluding hydrogens is 284 g/mol. The smallest absolute Gasteiger partial charge is 0.335 e. The summed E-state index contributed by atoms with van der Waals surface area (Å²) in [5.41, 5.74) is 1.49. The number of nitrogens with one attached hydrogen (secondary N) is 1. The van der Waals surface area contributed by atoms with Gasteiger partial charge in [0.15, 0.2) is 0 Å². The number of carbonyl (C=O) groups excluding carboxylic acids is 2. The molecule has 0 unspecified atom stereocenters. The number of nitrogens with zero attached hydrogens (tertiary/aromatic N) is 1. The molecule has 1 aliphatic rings. The molecule has 1 aromatic carbocycles. The van der Waals surface area contributed by atoms with Gasteiger partial charge >= 0.3 is 5.97 Å². The van der Waals surface area contributed by atoms with Crippen LogP contribution >= 0.6 is 0 Å². The van der Waals surface area contributed by atoms with Gasteiger partial charge < -0.3 is 15.3 Å². The van der Waals surface area contributed by atoms with Crippen LogP contribution in [0, 0.1) is 12.8 Å². The molecule has 0 bridgehead atoms. The summed E-state index contributed by atoms with van der Waals surface area (Å²) < 4.78 is 0. The van der Waals surface area contributed by atoms with E-state index in [0.29, 0.717) is 31.6 Å². The Morgan fingerprint density at radius 1 is 1.23 bits per heavy atom. The number of aryl methyl sites for hydroxylation is 1. The van der Waals surface area contributed by atoms with Crippen molar-refractivity contribution in [3.05, 3.63) is 29.3 Å². The second-order valence-corrected chi connectivity index (χ2v) is 5.60. The first-order valence-corrected chi connectivity index (χ1v) is 7.29. The number of rotatable bonds is 3. The summed E-state index contributed by atoms with van der Waals surface area (Å²) in [6.45, 7) is 4.52. The molecule has 0 saturated carbocycles. The maximum absolute atomic E-state index is 12.3. The fourth-order valence-electron chi connectivity index (χ4n) is 2.58. The molecule has 2 N–H and O–H groups in total. The van der Waals surface area contributed by atoms with Gasteiger partial charge in [0, 0.05) is 31.6 Å². The molecule has 0 spiro atoms. The number of hydrogen-bond acceptors (Lipinski definition) is 3. The van der Waals surface area contributed by atoms with E-state index < -0.39 is 5.97 Å². The highest BCUT2D eigenvalue weighted by molar-refractivity contribution is 5.96. The molecule has 2 rings (SSSR count). The number of benzene rings is 1. The van der Waals surface area contributed by atoms with Crippen molar-refractivity contribution in [2.45, 2.75) is 26.7 Å². The Hall–Kier alpha value is -2.37. The fourth-order valence-corrected chi connectivity index (χ4v) is 2.58. The first-order valence-electron chi connectivity index (χ1n) is 7.29. The predicted octanol–water partition coefficient (Wildman–Crippen LogP) is 1.89. The monoisotopic (exact) mass is 304 g/mol. The van der Waals surface area contributed by atoms with Gasteiger partial charge in [-0.25, -0.2) is 4.79 Å². The van der Waals surface area contributed by atoms with Gasteiger partial charge in [0.1, 0.15) is 0 Å². The minimum absolute atomic E-state index is 0.0314. The van der Waals surface area contributed by atoms with Gasteiger partial charge in [0.2, 0.25) is 11.8 Å². The first-order chi connectivity index (χ1) is 10.4. The molecular formula is C16H20N2O4. The normalized spacial score (nSPS) is 15.5. The lowest BCUT2D eigenvalue weighted by Gasteiger charge is -2.30. The molecule has 6 nitrogen and oxygen atoms in total. The average molecular weight is 304 g/mol. The number of aromatic carboxylic acids is 1. The van der Waals surface area contributed by atoms with E-state index in [4.69, 9.17) is 5.11 Å². The highest BCUT2D eigenvalue weighted by atomic mass is 16.4. The highest BCUT2D eigenvalue weighted by Gasteiger charge is 2.26. The van der Waals surface area contributed by atoms with Crippen molar-refractivity contribution < 1.29 is 19.5 Å². The van der Waals surface area contributed by atoms with Gasteiger partial charge in [-0.15, -0.1) is 0 Å². The van der Waals surface area contributed by atoms with Crippen LogP contribution in [0.4, 0.5) is 5.69 Å². The second kappa shape index (κ2) is 6.60. The Labute approximate surface area is 129 Å². The van der Waals surface area contributed by atoms with Gasteiger partial charge in [0.05, 0.1) is 5.56 Å². The van der Waals surface area contributed by atoms with E-state index in [2.05, 4.69) is 5.32 Å². The van der Waals surface area contributed by atoms with Crippen LogP contribution in [0.15, 0.2) is 18.2 Å². The zero-order valence-corrected chi connectivity index (χ0v) is 12.8. The van der Waals surface area contributed by atoms with Gasteiger partial charge in [-0.05, 0) is 37.5 Å². The maximum Gasteiger partial charge on any atom is 0.335 e. The lowest BCUT2D eigenvalue weighted by atomic mass is 9.95. The number of hydrogen-bond donors (Lipinski definition) is 2. The second-order valence-electron chi connectivity index (χ2n) is 5.60. The average Bonchev–Trinajstić information content (AvgIpc) is 2.49. The van der Waals surface area contributed by atoms with Crippen molar-refractivity contribution >= 4 is 23.5 Å². The third kappa shape index (κ3) is 3.63. The molecule has 0 radical (unpaired) electrons. The van der Waals surface area contributed by atoms with E-state index in [1.54, 1.807) is 11.0 Å². The number of carbonyl (C=O) groups is 3. The van der Waals surface area contributed by atoms with E-state index in [1.807, 2.05) is 6.92 Å². The van der Waals surface area contributed by atoms with Crippen LogP contribution in [0.5, 0.6) is 0 Å². The lowest BCUT2D eigenvalue weighted by Crippen LogP contribution is -2.40. The fraction of sp³-hybridized carbons (Fsp3) is 0.438. The molecule has 0 atom stereocenters. The summed E-state index contributed by atoms with van der Waals surface area (Å²) in [7, 11) is 0. The number of carboxylic acid groups (broad SMARTS) is 1. The van der Waals surface area contributed by atoms with Crippen molar-refractivity contribution in [2.75, 3.05) is 18.4 Å². The predicted molar refractivity (Wildman–Crippen MR) is 81.7 cm³/mol. The number of carboxylic acids is 1. The minimum Gasteiger partial charge on any atom is -0.478 e. The molecule has 0 aliphatic carbocycles. The molecule has 118 valence electrons. The maximum atomic E-state index is 12.3. The summed E-state index contributed by atoms with van der Waals surface area (Å²) in [4.78, 5) is 36.3. The van der Waals surface area contributed by atoms with Gasteiger partial charge in [0.25, 0.3) is 0 Å². The van der Waals surface area contributed by atoms with Crippen LogP contribution in [-0.4, -0.2) is 40.9 Å². The van der Waals surface area contributed by atoms with Crippen molar-refractivity contribution in [1.82, 2.24) is 4.90 Å². The molecule has 1 fully saturated rings. The zero-order chi connectivity index (χ0) is 16.3. The van der Waals surface area contributed by atoms with E-state index >= 15 is 0 Å². The van der Waals surface area contributed by atoms with Crippen LogP contribution in [0.3, 0.4) is 0 Å². The molecule has 1 aromatic rings. The third-order valence-electron chi connectivity index (χ3n) is 4.05. The van der Waals surface area contributed by atoms with E-state index in [1.165, 1.54) is 19.1 Å². The largest absolute Gasteiger partial charge is 0.478 e. The van der Waals surface area contributed by atoms with Crippen LogP contribution in [0.2, 0.25) is 0 Å². The number of amides is 2. The molecule has 22 heavy (non-hydrogen) atoms. The van der Waals surface area contributed by atoms with E-state index in [0.717, 1.165) is 5.56 Å². The first kappa shape index (κ1) is 16.0. The Bertz CT molecular complexity index is 604. The van der Waals surface area contributed by atoms with Crippen LogP contribution in [0.25, 0.3) is 0 Å². The molecule has 1 saturated heterocycles.